The van der Waals surface area contributed by atoms with Gasteiger partial charge in [-0.3, -0.25) is 0 Å². The molecule has 4 nitrogen and oxygen atoms in total. The number of hydrogen-bond acceptors (Lipinski definition) is 3. The average Bonchev–Trinajstić information content (AvgIpc) is 2.83. The lowest BCUT2D eigenvalue weighted by Gasteiger charge is -2.08. The molecule has 3 rings (SSSR count). The quantitative estimate of drug-likeness (QED) is 0.748. The number of anilines is 1. The van der Waals surface area contributed by atoms with E-state index in [2.05, 4.69) is 4.98 Å². The Hall–Kier alpha value is -2.56. The van der Waals surface area contributed by atoms with Crippen molar-refractivity contribution in [3.8, 4) is 5.75 Å². The van der Waals surface area contributed by atoms with Crippen LogP contribution in [0, 0.1) is 5.82 Å². The number of ether oxygens (including phenoxy) is 1. The van der Waals surface area contributed by atoms with Gasteiger partial charge in [0.25, 0.3) is 0 Å². The van der Waals surface area contributed by atoms with E-state index in [1.165, 1.54) is 12.1 Å². The number of fused-ring (bicyclic) bond motifs is 1. The molecule has 3 aromatic rings. The summed E-state index contributed by atoms with van der Waals surface area (Å²) in [5.74, 6) is 1.22. The molecule has 5 heteroatoms. The second kappa shape index (κ2) is 5.44. The summed E-state index contributed by atoms with van der Waals surface area (Å²) in [5, 5.41) is 0. The number of aromatic nitrogens is 2. The topological polar surface area (TPSA) is 53.1 Å². The van der Waals surface area contributed by atoms with Crippen molar-refractivity contribution in [2.24, 2.45) is 0 Å². The van der Waals surface area contributed by atoms with Gasteiger partial charge >= 0.3 is 0 Å². The molecule has 2 N–H and O–H groups in total. The maximum absolute atomic E-state index is 13.3. The lowest BCUT2D eigenvalue weighted by molar-refractivity contribution is 0.291. The first kappa shape index (κ1) is 13.4. The van der Waals surface area contributed by atoms with Gasteiger partial charge in [-0.1, -0.05) is 0 Å². The van der Waals surface area contributed by atoms with E-state index in [0.29, 0.717) is 17.8 Å². The van der Waals surface area contributed by atoms with Crippen molar-refractivity contribution in [1.82, 2.24) is 9.55 Å². The Bertz CT molecular complexity index is 765. The number of rotatable bonds is 4. The van der Waals surface area contributed by atoms with Crippen molar-refractivity contribution < 1.29 is 9.13 Å². The van der Waals surface area contributed by atoms with Crippen LogP contribution in [0.5, 0.6) is 5.75 Å². The molecular weight excluding hydrogens is 269 g/mol. The zero-order chi connectivity index (χ0) is 14.8. The highest BCUT2D eigenvalue weighted by Gasteiger charge is 2.10. The fourth-order valence-electron chi connectivity index (χ4n) is 2.33. The first-order chi connectivity index (χ1) is 10.2. The Balaban J connectivity index is 1.87. The molecule has 2 aromatic carbocycles. The van der Waals surface area contributed by atoms with Gasteiger partial charge in [-0.25, -0.2) is 9.37 Å². The molecule has 0 bridgehead atoms. The second-order valence-corrected chi connectivity index (χ2v) is 4.76. The molecule has 0 unspecified atom stereocenters. The van der Waals surface area contributed by atoms with Crippen LogP contribution in [0.3, 0.4) is 0 Å². The smallest absolute Gasteiger partial charge is 0.147 e. The van der Waals surface area contributed by atoms with Crippen LogP contribution in [0.2, 0.25) is 0 Å². The van der Waals surface area contributed by atoms with Crippen molar-refractivity contribution in [2.75, 3.05) is 5.73 Å². The van der Waals surface area contributed by atoms with E-state index in [1.807, 2.05) is 23.6 Å². The van der Waals surface area contributed by atoms with Gasteiger partial charge in [0.05, 0.1) is 11.0 Å². The Labute approximate surface area is 122 Å². The molecule has 108 valence electrons. The fourth-order valence-corrected chi connectivity index (χ4v) is 2.33. The number of aryl methyl sites for hydroxylation is 1. The number of benzene rings is 2. The fraction of sp³-hybridized carbons (Fsp3) is 0.188. The van der Waals surface area contributed by atoms with E-state index in [-0.39, 0.29) is 5.82 Å². The largest absolute Gasteiger partial charge is 0.486 e. The van der Waals surface area contributed by atoms with Crippen molar-refractivity contribution in [3.05, 3.63) is 54.1 Å². The van der Waals surface area contributed by atoms with Gasteiger partial charge in [0, 0.05) is 18.3 Å². The summed E-state index contributed by atoms with van der Waals surface area (Å²) in [7, 11) is 0. The zero-order valence-corrected chi connectivity index (χ0v) is 11.7. The third-order valence-corrected chi connectivity index (χ3v) is 3.35. The molecular formula is C16H16FN3O. The van der Waals surface area contributed by atoms with Crippen LogP contribution < -0.4 is 10.5 Å². The van der Waals surface area contributed by atoms with Crippen LogP contribution in [0.25, 0.3) is 11.0 Å². The first-order valence-electron chi connectivity index (χ1n) is 6.80. The van der Waals surface area contributed by atoms with E-state index in [1.54, 1.807) is 18.2 Å². The van der Waals surface area contributed by atoms with E-state index < -0.39 is 0 Å². The molecule has 1 heterocycles. The van der Waals surface area contributed by atoms with Gasteiger partial charge in [0.2, 0.25) is 0 Å². The predicted molar refractivity (Wildman–Crippen MR) is 80.6 cm³/mol. The highest BCUT2D eigenvalue weighted by atomic mass is 19.1. The Morgan fingerprint density at radius 3 is 2.67 bits per heavy atom. The average molecular weight is 285 g/mol. The SMILES string of the molecule is CCn1c(COc2ccc(N)cc2)nc2cc(F)ccc21. The summed E-state index contributed by atoms with van der Waals surface area (Å²) < 4.78 is 21.0. The number of hydrogen-bond donors (Lipinski definition) is 1. The Morgan fingerprint density at radius 2 is 1.95 bits per heavy atom. The second-order valence-electron chi connectivity index (χ2n) is 4.76. The minimum atomic E-state index is -0.283. The van der Waals surface area contributed by atoms with Gasteiger partial charge < -0.3 is 15.0 Å². The van der Waals surface area contributed by atoms with Crippen molar-refractivity contribution >= 4 is 16.7 Å². The number of nitrogens with zero attached hydrogens (tertiary/aromatic N) is 2. The zero-order valence-electron chi connectivity index (χ0n) is 11.7. The van der Waals surface area contributed by atoms with Gasteiger partial charge in [-0.2, -0.15) is 0 Å². The first-order valence-corrected chi connectivity index (χ1v) is 6.80. The Morgan fingerprint density at radius 1 is 1.19 bits per heavy atom. The number of nitrogen functional groups attached to an aromatic ring is 1. The highest BCUT2D eigenvalue weighted by molar-refractivity contribution is 5.76. The van der Waals surface area contributed by atoms with Crippen molar-refractivity contribution in [3.63, 3.8) is 0 Å². The third-order valence-electron chi connectivity index (χ3n) is 3.35. The van der Waals surface area contributed by atoms with E-state index >= 15 is 0 Å². The lowest BCUT2D eigenvalue weighted by Crippen LogP contribution is -2.06. The van der Waals surface area contributed by atoms with Crippen LogP contribution in [0.1, 0.15) is 12.7 Å². The summed E-state index contributed by atoms with van der Waals surface area (Å²) in [5.41, 5.74) is 7.89. The molecule has 0 aliphatic rings. The number of nitrogens with two attached hydrogens (primary N) is 1. The van der Waals surface area contributed by atoms with Crippen molar-refractivity contribution in [2.45, 2.75) is 20.1 Å². The summed E-state index contributed by atoms with van der Waals surface area (Å²) in [6.07, 6.45) is 0. The van der Waals surface area contributed by atoms with Crippen LogP contribution in [0.15, 0.2) is 42.5 Å². The van der Waals surface area contributed by atoms with E-state index in [9.17, 15) is 4.39 Å². The lowest BCUT2D eigenvalue weighted by atomic mass is 10.3. The van der Waals surface area contributed by atoms with Crippen LogP contribution >= 0.6 is 0 Å². The maximum Gasteiger partial charge on any atom is 0.147 e. The van der Waals surface area contributed by atoms with Crippen LogP contribution in [0.4, 0.5) is 10.1 Å². The minimum Gasteiger partial charge on any atom is -0.486 e. The number of halogens is 1. The molecule has 0 fully saturated rings. The van der Waals surface area contributed by atoms with Gasteiger partial charge in [-0.05, 0) is 43.3 Å². The minimum absolute atomic E-state index is 0.283. The summed E-state index contributed by atoms with van der Waals surface area (Å²) in [6.45, 7) is 3.10. The molecule has 0 aliphatic heterocycles. The van der Waals surface area contributed by atoms with Gasteiger partial charge in [-0.15, -0.1) is 0 Å². The Kier molecular flexibility index (Phi) is 3.48. The molecule has 0 amide bonds. The van der Waals surface area contributed by atoms with E-state index in [0.717, 1.165) is 23.6 Å². The normalized spacial score (nSPS) is 11.0. The summed E-state index contributed by atoms with van der Waals surface area (Å²) in [4.78, 5) is 4.45. The predicted octanol–water partition coefficient (Wildman–Crippen LogP) is 3.36. The van der Waals surface area contributed by atoms with Gasteiger partial charge in [0.1, 0.15) is 24.0 Å². The van der Waals surface area contributed by atoms with E-state index in [4.69, 9.17) is 10.5 Å². The molecule has 0 atom stereocenters. The van der Waals surface area contributed by atoms with Crippen molar-refractivity contribution in [1.29, 1.82) is 0 Å². The third kappa shape index (κ3) is 2.67. The van der Waals surface area contributed by atoms with Crippen LogP contribution in [-0.4, -0.2) is 9.55 Å². The molecule has 0 radical (unpaired) electrons. The summed E-state index contributed by atoms with van der Waals surface area (Å²) in [6, 6.07) is 11.8. The molecule has 0 spiro atoms. The summed E-state index contributed by atoms with van der Waals surface area (Å²) >= 11 is 0. The maximum atomic E-state index is 13.3. The highest BCUT2D eigenvalue weighted by Crippen LogP contribution is 2.20. The molecule has 21 heavy (non-hydrogen) atoms. The number of imidazole rings is 1. The molecule has 0 saturated heterocycles. The monoisotopic (exact) mass is 285 g/mol. The van der Waals surface area contributed by atoms with Gasteiger partial charge in [0.15, 0.2) is 0 Å². The molecule has 0 aliphatic carbocycles. The molecule has 0 saturated carbocycles. The molecule has 1 aromatic heterocycles. The standard InChI is InChI=1S/C16H16FN3O/c1-2-20-15-8-3-11(17)9-14(15)19-16(20)10-21-13-6-4-12(18)5-7-13/h3-9H,2,10,18H2,1H3. The van der Waals surface area contributed by atoms with Crippen LogP contribution in [-0.2, 0) is 13.2 Å².